The molecule has 0 fully saturated rings. The fourth-order valence-electron chi connectivity index (χ4n) is 2.18. The Labute approximate surface area is 169 Å². The van der Waals surface area contributed by atoms with Gasteiger partial charge in [0, 0.05) is 11.0 Å². The molecule has 1 heterocycles. The molecule has 4 nitrogen and oxygen atoms in total. The van der Waals surface area contributed by atoms with Gasteiger partial charge in [-0.05, 0) is 36.3 Å². The SMILES string of the molecule is Cc1ccc(CNC(=O)c2nnc(/C(Cl)=C/c3cccc(Br)c3)s2)cc1. The molecule has 0 saturated heterocycles. The highest BCUT2D eigenvalue weighted by Gasteiger charge is 2.14. The zero-order valence-corrected chi connectivity index (χ0v) is 17.0. The number of benzene rings is 2. The van der Waals surface area contributed by atoms with Crippen LogP contribution in [0.2, 0.25) is 0 Å². The summed E-state index contributed by atoms with van der Waals surface area (Å²) in [5.41, 5.74) is 3.15. The summed E-state index contributed by atoms with van der Waals surface area (Å²) in [5.74, 6) is -0.263. The maximum absolute atomic E-state index is 12.3. The van der Waals surface area contributed by atoms with Crippen molar-refractivity contribution in [1.82, 2.24) is 15.5 Å². The summed E-state index contributed by atoms with van der Waals surface area (Å²) in [5, 5.41) is 12.0. The molecular formula is C19H15BrClN3OS. The predicted molar refractivity (Wildman–Crippen MR) is 110 cm³/mol. The summed E-state index contributed by atoms with van der Waals surface area (Å²) < 4.78 is 0.962. The van der Waals surface area contributed by atoms with Gasteiger partial charge >= 0.3 is 0 Å². The monoisotopic (exact) mass is 447 g/mol. The van der Waals surface area contributed by atoms with Gasteiger partial charge < -0.3 is 5.32 Å². The average Bonchev–Trinajstić information content (AvgIpc) is 3.11. The molecule has 0 aliphatic rings. The van der Waals surface area contributed by atoms with E-state index in [-0.39, 0.29) is 10.9 Å². The molecule has 0 bridgehead atoms. The molecule has 0 aliphatic heterocycles. The quantitative estimate of drug-likeness (QED) is 0.578. The van der Waals surface area contributed by atoms with E-state index in [1.165, 1.54) is 5.56 Å². The van der Waals surface area contributed by atoms with Crippen LogP contribution >= 0.6 is 38.9 Å². The van der Waals surface area contributed by atoms with Gasteiger partial charge in [0.05, 0.1) is 5.03 Å². The first-order valence-corrected chi connectivity index (χ1v) is 9.80. The van der Waals surface area contributed by atoms with Crippen molar-refractivity contribution in [2.75, 3.05) is 0 Å². The summed E-state index contributed by atoms with van der Waals surface area (Å²) in [6.07, 6.45) is 1.79. The first-order valence-electron chi connectivity index (χ1n) is 7.81. The van der Waals surface area contributed by atoms with Crippen molar-refractivity contribution >= 4 is 55.9 Å². The highest BCUT2D eigenvalue weighted by atomic mass is 79.9. The molecule has 2 aromatic carbocycles. The normalized spacial score (nSPS) is 11.4. The van der Waals surface area contributed by atoms with Crippen LogP contribution in [0.5, 0.6) is 0 Å². The molecule has 1 N–H and O–H groups in total. The van der Waals surface area contributed by atoms with Gasteiger partial charge in [-0.2, -0.15) is 0 Å². The Morgan fingerprint density at radius 3 is 2.65 bits per heavy atom. The molecule has 1 amide bonds. The second-order valence-electron chi connectivity index (χ2n) is 5.63. The average molecular weight is 449 g/mol. The lowest BCUT2D eigenvalue weighted by Crippen LogP contribution is -2.22. The van der Waals surface area contributed by atoms with E-state index in [0.29, 0.717) is 16.6 Å². The Hall–Kier alpha value is -2.02. The van der Waals surface area contributed by atoms with Gasteiger partial charge in [-0.25, -0.2) is 0 Å². The van der Waals surface area contributed by atoms with Crippen molar-refractivity contribution in [2.24, 2.45) is 0 Å². The summed E-state index contributed by atoms with van der Waals surface area (Å²) >= 11 is 10.9. The number of halogens is 2. The summed E-state index contributed by atoms with van der Waals surface area (Å²) in [4.78, 5) is 12.3. The number of nitrogens with one attached hydrogen (secondary N) is 1. The Morgan fingerprint density at radius 2 is 1.92 bits per heavy atom. The molecule has 26 heavy (non-hydrogen) atoms. The van der Waals surface area contributed by atoms with Crippen molar-refractivity contribution in [3.8, 4) is 0 Å². The lowest BCUT2D eigenvalue weighted by Gasteiger charge is -2.03. The molecule has 0 unspecified atom stereocenters. The number of nitrogens with zero attached hydrogens (tertiary/aromatic N) is 2. The molecule has 3 aromatic rings. The highest BCUT2D eigenvalue weighted by Crippen LogP contribution is 2.26. The number of carbonyl (C=O) groups excluding carboxylic acids is 1. The van der Waals surface area contributed by atoms with E-state index in [4.69, 9.17) is 11.6 Å². The van der Waals surface area contributed by atoms with Crippen LogP contribution < -0.4 is 5.32 Å². The van der Waals surface area contributed by atoms with Crippen molar-refractivity contribution in [2.45, 2.75) is 13.5 Å². The molecule has 0 saturated carbocycles. The minimum absolute atomic E-state index is 0.263. The standard InChI is InChI=1S/C19H15BrClN3OS/c1-12-5-7-13(8-6-12)11-22-17(25)19-24-23-18(26-19)16(21)10-14-3-2-4-15(20)9-14/h2-10H,11H2,1H3,(H,22,25)/b16-10-. The van der Waals surface area contributed by atoms with Crippen LogP contribution in [0.15, 0.2) is 53.0 Å². The molecule has 0 atom stereocenters. The van der Waals surface area contributed by atoms with E-state index in [9.17, 15) is 4.79 Å². The zero-order valence-electron chi connectivity index (χ0n) is 13.9. The third-order valence-electron chi connectivity index (χ3n) is 3.54. The summed E-state index contributed by atoms with van der Waals surface area (Å²) in [6.45, 7) is 2.46. The number of aryl methyl sites for hydroxylation is 1. The largest absolute Gasteiger partial charge is 0.346 e. The Balaban J connectivity index is 1.66. The summed E-state index contributed by atoms with van der Waals surface area (Å²) in [7, 11) is 0. The van der Waals surface area contributed by atoms with Crippen molar-refractivity contribution in [3.05, 3.63) is 79.7 Å². The van der Waals surface area contributed by atoms with E-state index in [2.05, 4.69) is 31.4 Å². The molecule has 0 radical (unpaired) electrons. The van der Waals surface area contributed by atoms with Crippen LogP contribution in [0.4, 0.5) is 0 Å². The highest BCUT2D eigenvalue weighted by molar-refractivity contribution is 9.10. The molecule has 7 heteroatoms. The van der Waals surface area contributed by atoms with E-state index >= 15 is 0 Å². The number of aromatic nitrogens is 2. The summed E-state index contributed by atoms with van der Waals surface area (Å²) in [6, 6.07) is 15.7. The zero-order chi connectivity index (χ0) is 18.5. The molecule has 0 aliphatic carbocycles. The van der Waals surface area contributed by atoms with Crippen LogP contribution in [0.3, 0.4) is 0 Å². The Morgan fingerprint density at radius 1 is 1.19 bits per heavy atom. The van der Waals surface area contributed by atoms with Gasteiger partial charge in [0.1, 0.15) is 0 Å². The Kier molecular flexibility index (Phi) is 6.19. The maximum atomic E-state index is 12.3. The lowest BCUT2D eigenvalue weighted by atomic mass is 10.1. The van der Waals surface area contributed by atoms with Gasteiger partial charge in [-0.1, -0.05) is 80.8 Å². The molecule has 1 aromatic heterocycles. The van der Waals surface area contributed by atoms with Gasteiger partial charge in [-0.3, -0.25) is 4.79 Å². The number of carbonyl (C=O) groups is 1. The van der Waals surface area contributed by atoms with Crippen LogP contribution in [-0.2, 0) is 6.54 Å². The van der Waals surface area contributed by atoms with Crippen molar-refractivity contribution in [3.63, 3.8) is 0 Å². The Bertz CT molecular complexity index is 953. The molecule has 0 spiro atoms. The molecular weight excluding hydrogens is 434 g/mol. The van der Waals surface area contributed by atoms with Gasteiger partial charge in [0.25, 0.3) is 5.91 Å². The topological polar surface area (TPSA) is 54.9 Å². The second-order valence-corrected chi connectivity index (χ2v) is 7.93. The maximum Gasteiger partial charge on any atom is 0.282 e. The number of hydrogen-bond acceptors (Lipinski definition) is 4. The smallest absolute Gasteiger partial charge is 0.282 e. The van der Waals surface area contributed by atoms with Gasteiger partial charge in [0.2, 0.25) is 5.01 Å². The minimum atomic E-state index is -0.263. The van der Waals surface area contributed by atoms with Crippen LogP contribution in [0.1, 0.15) is 31.5 Å². The lowest BCUT2D eigenvalue weighted by molar-refractivity contribution is 0.0950. The first-order chi connectivity index (χ1) is 12.5. The predicted octanol–water partition coefficient (Wildman–Crippen LogP) is 5.28. The molecule has 132 valence electrons. The van der Waals surface area contributed by atoms with Crippen molar-refractivity contribution in [1.29, 1.82) is 0 Å². The fourth-order valence-corrected chi connectivity index (χ4v) is 3.54. The second kappa shape index (κ2) is 8.58. The number of amides is 1. The van der Waals surface area contributed by atoms with Crippen molar-refractivity contribution < 1.29 is 4.79 Å². The van der Waals surface area contributed by atoms with Crippen LogP contribution in [0, 0.1) is 6.92 Å². The van der Waals surface area contributed by atoms with E-state index in [1.807, 2.05) is 55.5 Å². The number of rotatable bonds is 5. The van der Waals surface area contributed by atoms with Gasteiger partial charge in [0.15, 0.2) is 5.01 Å². The van der Waals surface area contributed by atoms with Crippen LogP contribution in [-0.4, -0.2) is 16.1 Å². The third kappa shape index (κ3) is 5.00. The van der Waals surface area contributed by atoms with E-state index in [1.54, 1.807) is 6.08 Å². The number of hydrogen-bond donors (Lipinski definition) is 1. The fraction of sp³-hybridized carbons (Fsp3) is 0.105. The van der Waals surface area contributed by atoms with Crippen LogP contribution in [0.25, 0.3) is 11.1 Å². The van der Waals surface area contributed by atoms with E-state index in [0.717, 1.165) is 26.9 Å². The van der Waals surface area contributed by atoms with Gasteiger partial charge in [-0.15, -0.1) is 10.2 Å². The van der Waals surface area contributed by atoms with E-state index < -0.39 is 0 Å². The third-order valence-corrected chi connectivity index (χ3v) is 5.39. The first kappa shape index (κ1) is 18.8. The minimum Gasteiger partial charge on any atom is -0.346 e. The molecule has 3 rings (SSSR count).